The van der Waals surface area contributed by atoms with Crippen molar-refractivity contribution in [2.45, 2.75) is 46.2 Å². The summed E-state index contributed by atoms with van der Waals surface area (Å²) >= 11 is 1.37. The highest BCUT2D eigenvalue weighted by molar-refractivity contribution is 7.20. The largest absolute Gasteiger partial charge is 0.344 e. The van der Waals surface area contributed by atoms with E-state index in [1.165, 1.54) is 23.5 Å². The van der Waals surface area contributed by atoms with Gasteiger partial charge in [0, 0.05) is 10.8 Å². The van der Waals surface area contributed by atoms with Crippen LogP contribution >= 0.6 is 11.3 Å². The first kappa shape index (κ1) is 20.2. The minimum atomic E-state index is -0.271. The summed E-state index contributed by atoms with van der Waals surface area (Å²) < 4.78 is 20.2. The molecule has 0 unspecified atom stereocenters. The van der Waals surface area contributed by atoms with Gasteiger partial charge in [0.2, 0.25) is 5.89 Å². The van der Waals surface area contributed by atoms with Crippen molar-refractivity contribution in [2.75, 3.05) is 0 Å². The maximum Gasteiger partial charge on any atom is 0.261 e. The van der Waals surface area contributed by atoms with E-state index in [1.54, 1.807) is 12.1 Å². The van der Waals surface area contributed by atoms with Crippen LogP contribution in [0, 0.1) is 12.7 Å². The van der Waals surface area contributed by atoms with E-state index in [2.05, 4.69) is 20.6 Å². The maximum atomic E-state index is 13.1. The zero-order valence-corrected chi connectivity index (χ0v) is 18.0. The smallest absolute Gasteiger partial charge is 0.261 e. The third-order valence-corrected chi connectivity index (χ3v) is 5.74. The summed E-state index contributed by atoms with van der Waals surface area (Å²) in [6, 6.07) is 8.17. The van der Waals surface area contributed by atoms with Crippen LogP contribution in [-0.4, -0.2) is 25.8 Å². The molecule has 0 saturated carbocycles. The van der Waals surface area contributed by atoms with Crippen LogP contribution in [0.1, 0.15) is 53.4 Å². The monoisotopic (exact) mass is 427 g/mol. The number of fused-ring (bicyclic) bond motifs is 1. The van der Waals surface area contributed by atoms with E-state index in [4.69, 9.17) is 4.52 Å². The minimum absolute atomic E-state index is 0.188. The Kier molecular flexibility index (Phi) is 5.15. The molecular weight excluding hydrogens is 405 g/mol. The molecule has 9 heteroatoms. The molecule has 0 aliphatic carbocycles. The van der Waals surface area contributed by atoms with Crippen molar-refractivity contribution in [2.24, 2.45) is 0 Å². The average molecular weight is 428 g/mol. The molecule has 0 spiro atoms. The normalized spacial score (nSPS) is 11.9. The number of halogens is 1. The Bertz CT molecular complexity index is 1200. The molecule has 0 radical (unpaired) electrons. The van der Waals surface area contributed by atoms with Crippen LogP contribution in [0.2, 0.25) is 0 Å². The minimum Gasteiger partial charge on any atom is -0.344 e. The van der Waals surface area contributed by atoms with Gasteiger partial charge in [0.05, 0.1) is 23.7 Å². The predicted molar refractivity (Wildman–Crippen MR) is 112 cm³/mol. The lowest BCUT2D eigenvalue weighted by Gasteiger charge is -2.10. The second kappa shape index (κ2) is 7.64. The molecular formula is C21H22FN5O2S. The number of aromatic nitrogens is 4. The molecule has 7 nitrogen and oxygen atoms in total. The second-order valence-corrected chi connectivity index (χ2v) is 9.18. The van der Waals surface area contributed by atoms with Gasteiger partial charge >= 0.3 is 0 Å². The van der Waals surface area contributed by atoms with Crippen molar-refractivity contribution in [1.29, 1.82) is 0 Å². The Hall–Kier alpha value is -3.07. The fourth-order valence-corrected chi connectivity index (χ4v) is 4.05. The molecule has 1 amide bonds. The standard InChI is InChI=1S/C21H22FN5O2S/c1-12-15-9-16(18(28)23-10-17-24-20(29-26-17)21(2,3)4)30-19(15)27(25-12)11-13-5-7-14(22)8-6-13/h5-9H,10-11H2,1-4H3,(H,23,28). The van der Waals surface area contributed by atoms with Crippen molar-refractivity contribution in [3.8, 4) is 0 Å². The predicted octanol–water partition coefficient (Wildman–Crippen LogP) is 4.20. The van der Waals surface area contributed by atoms with Gasteiger partial charge in [-0.15, -0.1) is 11.3 Å². The summed E-state index contributed by atoms with van der Waals surface area (Å²) in [6.07, 6.45) is 0. The Balaban J connectivity index is 1.49. The third-order valence-electron chi connectivity index (χ3n) is 4.59. The Morgan fingerprint density at radius 3 is 2.67 bits per heavy atom. The lowest BCUT2D eigenvalue weighted by Crippen LogP contribution is -2.22. The van der Waals surface area contributed by atoms with E-state index in [-0.39, 0.29) is 23.7 Å². The van der Waals surface area contributed by atoms with E-state index in [0.717, 1.165) is 21.5 Å². The molecule has 1 aromatic carbocycles. The second-order valence-electron chi connectivity index (χ2n) is 8.15. The molecule has 0 bridgehead atoms. The van der Waals surface area contributed by atoms with Crippen LogP contribution in [0.3, 0.4) is 0 Å². The first-order valence-corrected chi connectivity index (χ1v) is 10.3. The van der Waals surface area contributed by atoms with Crippen LogP contribution < -0.4 is 5.32 Å². The first-order valence-electron chi connectivity index (χ1n) is 9.53. The zero-order valence-electron chi connectivity index (χ0n) is 17.2. The number of rotatable bonds is 5. The molecule has 4 rings (SSSR count). The average Bonchev–Trinajstić information content (AvgIpc) is 3.39. The number of carbonyl (C=O) groups is 1. The van der Waals surface area contributed by atoms with Crippen molar-refractivity contribution in [3.63, 3.8) is 0 Å². The number of nitrogens with one attached hydrogen (secondary N) is 1. The highest BCUT2D eigenvalue weighted by atomic mass is 32.1. The molecule has 4 aromatic rings. The van der Waals surface area contributed by atoms with E-state index in [1.807, 2.05) is 38.4 Å². The van der Waals surface area contributed by atoms with Crippen LogP contribution in [0.5, 0.6) is 0 Å². The van der Waals surface area contributed by atoms with E-state index >= 15 is 0 Å². The highest BCUT2D eigenvalue weighted by Gasteiger charge is 2.22. The summed E-state index contributed by atoms with van der Waals surface area (Å²) in [5.74, 6) is 0.496. The number of thiophene rings is 1. The summed E-state index contributed by atoms with van der Waals surface area (Å²) in [5, 5.41) is 12.3. The van der Waals surface area contributed by atoms with Gasteiger partial charge in [-0.25, -0.2) is 4.39 Å². The molecule has 0 aliphatic rings. The van der Waals surface area contributed by atoms with Crippen molar-refractivity contribution in [3.05, 3.63) is 64.0 Å². The lowest BCUT2D eigenvalue weighted by atomic mass is 9.97. The number of amides is 1. The third kappa shape index (κ3) is 4.11. The number of hydrogen-bond acceptors (Lipinski definition) is 6. The molecule has 30 heavy (non-hydrogen) atoms. The summed E-state index contributed by atoms with van der Waals surface area (Å²) in [5.41, 5.74) is 1.54. The van der Waals surface area contributed by atoms with Crippen molar-refractivity contribution in [1.82, 2.24) is 25.2 Å². The van der Waals surface area contributed by atoms with E-state index in [0.29, 0.717) is 23.1 Å². The van der Waals surface area contributed by atoms with Gasteiger partial charge in [-0.05, 0) is 30.7 Å². The number of carbonyl (C=O) groups excluding carboxylic acids is 1. The van der Waals surface area contributed by atoms with E-state index in [9.17, 15) is 9.18 Å². The summed E-state index contributed by atoms with van der Waals surface area (Å²) in [7, 11) is 0. The number of benzene rings is 1. The number of nitrogens with zero attached hydrogens (tertiary/aromatic N) is 4. The topological polar surface area (TPSA) is 85.8 Å². The van der Waals surface area contributed by atoms with Crippen molar-refractivity contribution < 1.29 is 13.7 Å². The van der Waals surface area contributed by atoms with Crippen LogP contribution in [0.25, 0.3) is 10.2 Å². The molecule has 3 aromatic heterocycles. The van der Waals surface area contributed by atoms with Gasteiger partial charge in [-0.2, -0.15) is 10.1 Å². The Labute approximate surface area is 176 Å². The maximum absolute atomic E-state index is 13.1. The molecule has 0 saturated heterocycles. The van der Waals surface area contributed by atoms with Gasteiger partial charge < -0.3 is 9.84 Å². The molecule has 0 fully saturated rings. The van der Waals surface area contributed by atoms with Gasteiger partial charge in [0.15, 0.2) is 5.82 Å². The van der Waals surface area contributed by atoms with Crippen molar-refractivity contribution >= 4 is 27.5 Å². The lowest BCUT2D eigenvalue weighted by molar-refractivity contribution is 0.0953. The Morgan fingerprint density at radius 1 is 1.27 bits per heavy atom. The van der Waals surface area contributed by atoms with Crippen LogP contribution in [0.4, 0.5) is 4.39 Å². The summed E-state index contributed by atoms with van der Waals surface area (Å²) in [4.78, 5) is 18.5. The quantitative estimate of drug-likeness (QED) is 0.516. The zero-order chi connectivity index (χ0) is 21.5. The van der Waals surface area contributed by atoms with Crippen LogP contribution in [0.15, 0.2) is 34.9 Å². The Morgan fingerprint density at radius 2 is 2.00 bits per heavy atom. The van der Waals surface area contributed by atoms with Crippen LogP contribution in [-0.2, 0) is 18.5 Å². The SMILES string of the molecule is Cc1nn(Cc2ccc(F)cc2)c2sc(C(=O)NCc3noc(C(C)(C)C)n3)cc12. The molecule has 0 atom stereocenters. The molecule has 3 heterocycles. The fraction of sp³-hybridized carbons (Fsp3) is 0.333. The molecule has 0 aliphatic heterocycles. The van der Waals surface area contributed by atoms with E-state index < -0.39 is 0 Å². The first-order chi connectivity index (χ1) is 14.2. The number of hydrogen-bond donors (Lipinski definition) is 1. The number of aryl methyl sites for hydroxylation is 1. The highest BCUT2D eigenvalue weighted by Crippen LogP contribution is 2.29. The molecule has 1 N–H and O–H groups in total. The van der Waals surface area contributed by atoms with Gasteiger partial charge in [0.25, 0.3) is 5.91 Å². The molecule has 156 valence electrons. The summed E-state index contributed by atoms with van der Waals surface area (Å²) in [6.45, 7) is 8.55. The fourth-order valence-electron chi connectivity index (χ4n) is 2.97. The van der Waals surface area contributed by atoms with Gasteiger partial charge in [-0.1, -0.05) is 38.1 Å². The van der Waals surface area contributed by atoms with Gasteiger partial charge in [-0.3, -0.25) is 9.48 Å². The van der Waals surface area contributed by atoms with Gasteiger partial charge in [0.1, 0.15) is 10.6 Å².